The molecule has 0 spiro atoms. The van der Waals surface area contributed by atoms with Crippen molar-refractivity contribution in [1.29, 1.82) is 0 Å². The van der Waals surface area contributed by atoms with Crippen LogP contribution in [0.3, 0.4) is 0 Å². The number of rotatable bonds is 15. The number of nitrogens with one attached hydrogen (secondary N) is 1. The van der Waals surface area contributed by atoms with Gasteiger partial charge in [0.2, 0.25) is 0 Å². The third kappa shape index (κ3) is 9.69. The first-order chi connectivity index (χ1) is 21.7. The van der Waals surface area contributed by atoms with E-state index in [0.29, 0.717) is 0 Å². The molecule has 1 amide bonds. The molecule has 2 N–H and O–H groups in total. The number of carboxylic acids is 1. The zero-order valence-electron chi connectivity index (χ0n) is 26.5. The van der Waals surface area contributed by atoms with E-state index in [9.17, 15) is 19.7 Å². The smallest absolute Gasteiger partial charge is 0.407 e. The summed E-state index contributed by atoms with van der Waals surface area (Å²) in [5.41, 5.74) is 4.31. The van der Waals surface area contributed by atoms with Gasteiger partial charge in [-0.05, 0) is 41.7 Å². The Kier molecular flexibility index (Phi) is 13.7. The molecule has 10 nitrogen and oxygen atoms in total. The van der Waals surface area contributed by atoms with Crippen molar-refractivity contribution in [2.24, 2.45) is 0 Å². The fourth-order valence-corrected chi connectivity index (χ4v) is 5.32. The van der Waals surface area contributed by atoms with Crippen molar-refractivity contribution >= 4 is 17.7 Å². The van der Waals surface area contributed by atoms with Gasteiger partial charge in [0.25, 0.3) is 5.69 Å². The molecule has 3 aromatic carbocycles. The highest BCUT2D eigenvalue weighted by atomic mass is 16.6. The van der Waals surface area contributed by atoms with Crippen molar-refractivity contribution in [3.8, 4) is 22.6 Å². The molecule has 0 aromatic heterocycles. The minimum absolute atomic E-state index is 0.0483. The number of aliphatic carboxylic acids is 1. The highest BCUT2D eigenvalue weighted by Crippen LogP contribution is 2.44. The van der Waals surface area contributed by atoms with Crippen molar-refractivity contribution in [2.75, 3.05) is 20.3 Å². The summed E-state index contributed by atoms with van der Waals surface area (Å²) in [5.74, 6) is -0.741. The number of alkyl carbamates (subject to hydrolysis) is 1. The molecule has 0 aliphatic heterocycles. The maximum atomic E-state index is 12.7. The lowest BCUT2D eigenvalue weighted by Crippen LogP contribution is -2.29. The Balaban J connectivity index is 0.000000707. The maximum absolute atomic E-state index is 12.7. The van der Waals surface area contributed by atoms with E-state index in [4.69, 9.17) is 19.3 Å². The lowest BCUT2D eigenvalue weighted by molar-refractivity contribution is -0.385. The van der Waals surface area contributed by atoms with E-state index in [1.54, 1.807) is 6.92 Å². The quantitative estimate of drug-likeness (QED) is 0.0981. The number of nitro groups is 1. The highest BCUT2D eigenvalue weighted by Gasteiger charge is 2.30. The molecule has 1 atom stereocenters. The Bertz CT molecular complexity index is 1390. The van der Waals surface area contributed by atoms with Gasteiger partial charge >= 0.3 is 12.1 Å². The van der Waals surface area contributed by atoms with Crippen LogP contribution in [-0.4, -0.2) is 42.4 Å². The summed E-state index contributed by atoms with van der Waals surface area (Å²) in [6.45, 7) is 6.26. The third-order valence-electron chi connectivity index (χ3n) is 7.65. The molecule has 0 heterocycles. The standard InChI is InChI=1S/C28H28N2O8.C7H16/c1-17(22-14-25(36-2)26(15-24(22)30(34)35)37-13-7-12-27(31)32)29-28(33)38-16-23-20-10-5-3-8-18(20)19-9-4-6-11-21(19)23;1-3-5-7-6-4-2/h3-6,8-11,14-15,17,23H,7,12-13,16H2,1-2H3,(H,29,33)(H,31,32);3-7H2,1-2H3. The number of benzene rings is 3. The maximum Gasteiger partial charge on any atom is 0.407 e. The first-order valence-corrected chi connectivity index (χ1v) is 15.5. The first-order valence-electron chi connectivity index (χ1n) is 15.5. The Labute approximate surface area is 264 Å². The van der Waals surface area contributed by atoms with E-state index in [-0.39, 0.29) is 54.7 Å². The predicted octanol–water partition coefficient (Wildman–Crippen LogP) is 8.42. The number of unbranched alkanes of at least 4 members (excludes halogenated alkanes) is 4. The molecular formula is C35H44N2O8. The minimum atomic E-state index is -0.963. The summed E-state index contributed by atoms with van der Waals surface area (Å²) in [7, 11) is 1.39. The molecule has 3 aromatic rings. The zero-order chi connectivity index (χ0) is 32.8. The second kappa shape index (κ2) is 17.6. The highest BCUT2D eigenvalue weighted by molar-refractivity contribution is 5.79. The second-order valence-corrected chi connectivity index (χ2v) is 10.9. The van der Waals surface area contributed by atoms with Crippen LogP contribution in [0.15, 0.2) is 60.7 Å². The van der Waals surface area contributed by atoms with E-state index in [1.165, 1.54) is 51.3 Å². The Morgan fingerprint density at radius 3 is 2.07 bits per heavy atom. The molecule has 0 radical (unpaired) electrons. The predicted molar refractivity (Wildman–Crippen MR) is 173 cm³/mol. The second-order valence-electron chi connectivity index (χ2n) is 10.9. The van der Waals surface area contributed by atoms with Crippen LogP contribution >= 0.6 is 0 Å². The van der Waals surface area contributed by atoms with E-state index in [1.807, 2.05) is 48.5 Å². The van der Waals surface area contributed by atoms with Crippen LogP contribution in [0.1, 0.15) is 94.4 Å². The van der Waals surface area contributed by atoms with Crippen molar-refractivity contribution in [2.45, 2.75) is 77.7 Å². The van der Waals surface area contributed by atoms with Crippen LogP contribution in [0.5, 0.6) is 11.5 Å². The van der Waals surface area contributed by atoms with Crippen LogP contribution < -0.4 is 14.8 Å². The molecule has 4 rings (SSSR count). The molecular weight excluding hydrogens is 576 g/mol. The molecule has 1 unspecified atom stereocenters. The number of fused-ring (bicyclic) bond motifs is 3. The number of carboxylic acid groups (broad SMARTS) is 1. The van der Waals surface area contributed by atoms with Crippen molar-refractivity contribution < 1.29 is 33.8 Å². The summed E-state index contributed by atoms with van der Waals surface area (Å²) >= 11 is 0. The SMILES string of the molecule is CCCCCCC.COc1cc(C(C)NC(=O)OCC2c3ccccc3-c3ccccc32)c([N+](=O)[O-])cc1OCCCC(=O)O. The van der Waals surface area contributed by atoms with Gasteiger partial charge in [-0.3, -0.25) is 14.9 Å². The van der Waals surface area contributed by atoms with Gasteiger partial charge in [0.15, 0.2) is 11.5 Å². The average molecular weight is 621 g/mol. The van der Waals surface area contributed by atoms with Gasteiger partial charge in [0.1, 0.15) is 6.61 Å². The molecule has 0 saturated heterocycles. The van der Waals surface area contributed by atoms with Crippen LogP contribution in [0.4, 0.5) is 10.5 Å². The van der Waals surface area contributed by atoms with Crippen molar-refractivity contribution in [1.82, 2.24) is 5.32 Å². The molecule has 242 valence electrons. The lowest BCUT2D eigenvalue weighted by atomic mass is 9.98. The molecule has 1 aliphatic carbocycles. The summed E-state index contributed by atoms with van der Waals surface area (Å²) in [4.78, 5) is 34.7. The van der Waals surface area contributed by atoms with E-state index in [2.05, 4.69) is 19.2 Å². The summed E-state index contributed by atoms with van der Waals surface area (Å²) in [5, 5.41) is 23.2. The number of carbonyl (C=O) groups is 2. The molecule has 0 fully saturated rings. The van der Waals surface area contributed by atoms with E-state index >= 15 is 0 Å². The summed E-state index contributed by atoms with van der Waals surface area (Å²) < 4.78 is 16.4. The number of methoxy groups -OCH3 is 1. The normalized spacial score (nSPS) is 12.2. The van der Waals surface area contributed by atoms with E-state index < -0.39 is 23.0 Å². The van der Waals surface area contributed by atoms with Crippen LogP contribution in [0.2, 0.25) is 0 Å². The van der Waals surface area contributed by atoms with Gasteiger partial charge < -0.3 is 24.6 Å². The van der Waals surface area contributed by atoms with Crippen molar-refractivity contribution in [3.05, 3.63) is 87.5 Å². The number of ether oxygens (including phenoxy) is 3. The van der Waals surface area contributed by atoms with Crippen LogP contribution in [0.25, 0.3) is 11.1 Å². The fraction of sp³-hybridized carbons (Fsp3) is 0.429. The number of hydrogen-bond acceptors (Lipinski definition) is 7. The topological polar surface area (TPSA) is 137 Å². The number of nitrogens with zero attached hydrogens (tertiary/aromatic N) is 1. The number of nitro benzene ring substituents is 1. The Morgan fingerprint density at radius 2 is 1.53 bits per heavy atom. The van der Waals surface area contributed by atoms with Gasteiger partial charge in [-0.15, -0.1) is 0 Å². The first kappa shape index (κ1) is 34.9. The molecule has 0 saturated carbocycles. The van der Waals surface area contributed by atoms with Crippen LogP contribution in [0, 0.1) is 10.1 Å². The number of hydrogen-bond donors (Lipinski definition) is 2. The summed E-state index contributed by atoms with van der Waals surface area (Å²) in [6, 6.07) is 17.8. The minimum Gasteiger partial charge on any atom is -0.493 e. The van der Waals surface area contributed by atoms with E-state index in [0.717, 1.165) is 22.3 Å². The molecule has 0 bridgehead atoms. The number of carbonyl (C=O) groups excluding carboxylic acids is 1. The largest absolute Gasteiger partial charge is 0.493 e. The van der Waals surface area contributed by atoms with Crippen molar-refractivity contribution in [3.63, 3.8) is 0 Å². The Hall–Kier alpha value is -4.60. The lowest BCUT2D eigenvalue weighted by Gasteiger charge is -2.19. The van der Waals surface area contributed by atoms with Gasteiger partial charge in [0, 0.05) is 12.3 Å². The third-order valence-corrected chi connectivity index (χ3v) is 7.65. The van der Waals surface area contributed by atoms with Gasteiger partial charge in [-0.1, -0.05) is 94.5 Å². The van der Waals surface area contributed by atoms with Gasteiger partial charge in [0.05, 0.1) is 36.3 Å². The molecule has 45 heavy (non-hydrogen) atoms. The molecule has 1 aliphatic rings. The van der Waals surface area contributed by atoms with Crippen LogP contribution in [-0.2, 0) is 9.53 Å². The average Bonchev–Trinajstić information content (AvgIpc) is 3.35. The fourth-order valence-electron chi connectivity index (χ4n) is 5.32. The van der Waals surface area contributed by atoms with Gasteiger partial charge in [-0.25, -0.2) is 4.79 Å². The monoisotopic (exact) mass is 620 g/mol. The summed E-state index contributed by atoms with van der Waals surface area (Å²) in [6.07, 6.45) is 6.44. The van der Waals surface area contributed by atoms with Gasteiger partial charge in [-0.2, -0.15) is 0 Å². The molecule has 10 heteroatoms. The zero-order valence-corrected chi connectivity index (χ0v) is 26.5. The number of amides is 1. The Morgan fingerprint density at radius 1 is 0.933 bits per heavy atom.